The van der Waals surface area contributed by atoms with E-state index >= 15 is 0 Å². The number of aryl methyl sites for hydroxylation is 1. The Morgan fingerprint density at radius 2 is 1.84 bits per heavy atom. The van der Waals surface area contributed by atoms with Gasteiger partial charge < -0.3 is 4.74 Å². The number of hydrogen-bond acceptors (Lipinski definition) is 8. The van der Waals surface area contributed by atoms with Gasteiger partial charge in [0.2, 0.25) is 5.75 Å². The molecule has 4 aromatic rings. The zero-order valence-electron chi connectivity index (χ0n) is 20.2. The molecule has 4 rings (SSSR count). The van der Waals surface area contributed by atoms with Crippen LogP contribution in [0.4, 0.5) is 11.4 Å². The van der Waals surface area contributed by atoms with Crippen LogP contribution in [-0.2, 0) is 13.0 Å². The van der Waals surface area contributed by atoms with Gasteiger partial charge in [-0.25, -0.2) is 4.98 Å². The van der Waals surface area contributed by atoms with Crippen molar-refractivity contribution in [1.29, 1.82) is 0 Å². The van der Waals surface area contributed by atoms with E-state index in [1.165, 1.54) is 47.3 Å². The van der Waals surface area contributed by atoms with Crippen molar-refractivity contribution in [1.82, 2.24) is 9.66 Å². The van der Waals surface area contributed by atoms with E-state index in [-0.39, 0.29) is 34.9 Å². The average molecular weight is 580 g/mol. The Balaban J connectivity index is 1.73. The van der Waals surface area contributed by atoms with Crippen molar-refractivity contribution < 1.29 is 14.6 Å². The summed E-state index contributed by atoms with van der Waals surface area (Å²) < 4.78 is 7.74. The van der Waals surface area contributed by atoms with Gasteiger partial charge in [0, 0.05) is 34.7 Å². The van der Waals surface area contributed by atoms with Crippen LogP contribution in [0.2, 0.25) is 0 Å². The van der Waals surface area contributed by atoms with E-state index in [4.69, 9.17) is 4.74 Å². The molecule has 0 spiro atoms. The summed E-state index contributed by atoms with van der Waals surface area (Å²) in [6.07, 6.45) is 3.54. The number of para-hydroxylation sites is 1. The topological polar surface area (TPSA) is 143 Å². The number of nitro benzene ring substituents is 2. The van der Waals surface area contributed by atoms with Crippen LogP contribution in [0.1, 0.15) is 36.7 Å². The maximum absolute atomic E-state index is 13.3. The Hall–Kier alpha value is -4.45. The molecule has 0 aliphatic rings. The minimum atomic E-state index is -0.573. The number of fused-ring (bicyclic) bond motifs is 1. The molecule has 11 nitrogen and oxygen atoms in total. The average Bonchev–Trinajstić information content (AvgIpc) is 2.91. The minimum Gasteiger partial charge on any atom is -0.481 e. The Labute approximate surface area is 224 Å². The van der Waals surface area contributed by atoms with E-state index < -0.39 is 9.85 Å². The third-order valence-corrected chi connectivity index (χ3v) is 6.19. The molecule has 0 bridgehead atoms. The highest BCUT2D eigenvalue weighted by Gasteiger charge is 2.19. The molecule has 0 atom stereocenters. The zero-order valence-corrected chi connectivity index (χ0v) is 21.8. The Kier molecular flexibility index (Phi) is 8.22. The molecule has 194 valence electrons. The van der Waals surface area contributed by atoms with Crippen molar-refractivity contribution in [3.05, 3.63) is 113 Å². The smallest absolute Gasteiger partial charge is 0.311 e. The molecule has 3 aromatic carbocycles. The number of ether oxygens (including phenoxy) is 1. The fraction of sp³-hybridized carbons (Fsp3) is 0.192. The third-order valence-electron chi connectivity index (χ3n) is 5.69. The first-order valence-corrected chi connectivity index (χ1v) is 12.5. The van der Waals surface area contributed by atoms with Crippen molar-refractivity contribution in [2.24, 2.45) is 5.10 Å². The summed E-state index contributed by atoms with van der Waals surface area (Å²) in [5.74, 6) is 0.431. The van der Waals surface area contributed by atoms with Crippen LogP contribution in [0.3, 0.4) is 0 Å². The molecule has 0 radical (unpaired) electrons. The van der Waals surface area contributed by atoms with Crippen LogP contribution in [0, 0.1) is 20.2 Å². The number of non-ortho nitro benzene ring substituents is 1. The molecule has 0 saturated carbocycles. The van der Waals surface area contributed by atoms with E-state index in [9.17, 15) is 25.0 Å². The van der Waals surface area contributed by atoms with Gasteiger partial charge in [-0.1, -0.05) is 35.3 Å². The molecule has 0 unspecified atom stereocenters. The second-order valence-corrected chi connectivity index (χ2v) is 9.24. The van der Waals surface area contributed by atoms with Crippen LogP contribution in [-0.4, -0.2) is 25.7 Å². The minimum absolute atomic E-state index is 0.0424. The Morgan fingerprint density at radius 3 is 2.53 bits per heavy atom. The number of hydrogen-bond donors (Lipinski definition) is 0. The lowest BCUT2D eigenvalue weighted by molar-refractivity contribution is -0.386. The number of nitro groups is 2. The molecule has 0 N–H and O–H groups in total. The van der Waals surface area contributed by atoms with Gasteiger partial charge in [-0.05, 0) is 48.4 Å². The molecule has 0 fully saturated rings. The zero-order chi connectivity index (χ0) is 27.2. The van der Waals surface area contributed by atoms with E-state index in [2.05, 4.69) is 26.0 Å². The van der Waals surface area contributed by atoms with Crippen molar-refractivity contribution in [2.45, 2.75) is 32.8 Å². The van der Waals surface area contributed by atoms with E-state index in [1.54, 1.807) is 18.2 Å². The second-order valence-electron chi connectivity index (χ2n) is 8.32. The number of benzene rings is 3. The predicted molar refractivity (Wildman–Crippen MR) is 146 cm³/mol. The number of rotatable bonds is 10. The summed E-state index contributed by atoms with van der Waals surface area (Å²) in [6.45, 7) is 1.96. The van der Waals surface area contributed by atoms with Gasteiger partial charge in [0.25, 0.3) is 11.2 Å². The van der Waals surface area contributed by atoms with Gasteiger partial charge in [-0.2, -0.15) is 9.78 Å². The van der Waals surface area contributed by atoms with E-state index in [0.717, 1.165) is 17.3 Å². The number of halogens is 1. The van der Waals surface area contributed by atoms with Crippen LogP contribution in [0.15, 0.2) is 75.0 Å². The first-order chi connectivity index (χ1) is 18.3. The van der Waals surface area contributed by atoms with Crippen LogP contribution in [0.25, 0.3) is 10.9 Å². The second kappa shape index (κ2) is 11.7. The lowest BCUT2D eigenvalue weighted by atomic mass is 10.2. The Morgan fingerprint density at radius 1 is 1.08 bits per heavy atom. The molecule has 0 aliphatic carbocycles. The highest BCUT2D eigenvalue weighted by Crippen LogP contribution is 2.31. The van der Waals surface area contributed by atoms with Gasteiger partial charge in [-0.3, -0.25) is 25.0 Å². The molecule has 0 aliphatic heterocycles. The summed E-state index contributed by atoms with van der Waals surface area (Å²) in [7, 11) is 0. The third kappa shape index (κ3) is 5.92. The molecule has 1 heterocycles. The van der Waals surface area contributed by atoms with Crippen molar-refractivity contribution >= 4 is 44.4 Å². The molecule has 12 heteroatoms. The first kappa shape index (κ1) is 26.6. The summed E-state index contributed by atoms with van der Waals surface area (Å²) in [4.78, 5) is 39.5. The molecule has 0 saturated heterocycles. The maximum Gasteiger partial charge on any atom is 0.311 e. The highest BCUT2D eigenvalue weighted by atomic mass is 79.9. The quantitative estimate of drug-likeness (QED) is 0.131. The van der Waals surface area contributed by atoms with Gasteiger partial charge in [0.05, 0.1) is 27.0 Å². The SMILES string of the molecule is CCCCc1nc2ccc(Br)cc2c(=O)n1N=Cc1cccc([N+](=O)[O-])c1OCc1ccc([N+](=O)[O-])cc1. The fourth-order valence-corrected chi connectivity index (χ4v) is 4.11. The van der Waals surface area contributed by atoms with E-state index in [1.807, 2.05) is 13.0 Å². The van der Waals surface area contributed by atoms with Crippen molar-refractivity contribution in [3.8, 4) is 5.75 Å². The number of nitrogens with zero attached hydrogens (tertiary/aromatic N) is 5. The van der Waals surface area contributed by atoms with E-state index in [0.29, 0.717) is 28.7 Å². The maximum atomic E-state index is 13.3. The summed E-state index contributed by atoms with van der Waals surface area (Å²) >= 11 is 3.38. The summed E-state index contributed by atoms with van der Waals surface area (Å²) in [5.41, 5.74) is 0.695. The van der Waals surface area contributed by atoms with Gasteiger partial charge >= 0.3 is 5.69 Å². The van der Waals surface area contributed by atoms with Crippen LogP contribution in [0.5, 0.6) is 5.75 Å². The number of aromatic nitrogens is 2. The van der Waals surface area contributed by atoms with Crippen LogP contribution < -0.4 is 10.3 Å². The lowest BCUT2D eigenvalue weighted by Crippen LogP contribution is -2.22. The number of unbranched alkanes of at least 4 members (excludes halogenated alkanes) is 1. The standard InChI is InChI=1S/C26H22BrN5O6/c1-2-3-7-24-29-22-13-10-19(27)14-21(22)26(33)30(24)28-15-18-5-4-6-23(32(36)37)25(18)38-16-17-8-11-20(12-9-17)31(34)35/h4-6,8-15H,2-3,7,16H2,1H3. The predicted octanol–water partition coefficient (Wildman–Crippen LogP) is 5.78. The van der Waals surface area contributed by atoms with Crippen molar-refractivity contribution in [3.63, 3.8) is 0 Å². The molecular formula is C26H22BrN5O6. The van der Waals surface area contributed by atoms with Gasteiger partial charge in [-0.15, -0.1) is 0 Å². The summed E-state index contributed by atoms with van der Waals surface area (Å²) in [5, 5.41) is 27.4. The monoisotopic (exact) mass is 579 g/mol. The first-order valence-electron chi connectivity index (χ1n) is 11.7. The molecule has 0 amide bonds. The van der Waals surface area contributed by atoms with Crippen molar-refractivity contribution in [2.75, 3.05) is 0 Å². The Bertz CT molecular complexity index is 1600. The fourth-order valence-electron chi connectivity index (χ4n) is 3.74. The highest BCUT2D eigenvalue weighted by molar-refractivity contribution is 9.10. The molecular weight excluding hydrogens is 558 g/mol. The van der Waals surface area contributed by atoms with Gasteiger partial charge in [0.15, 0.2) is 0 Å². The summed E-state index contributed by atoms with van der Waals surface area (Å²) in [6, 6.07) is 15.3. The normalized spacial score (nSPS) is 11.2. The molecule has 38 heavy (non-hydrogen) atoms. The molecule has 1 aromatic heterocycles. The lowest BCUT2D eigenvalue weighted by Gasteiger charge is -2.11. The van der Waals surface area contributed by atoms with Crippen LogP contribution >= 0.6 is 15.9 Å². The van der Waals surface area contributed by atoms with Gasteiger partial charge in [0.1, 0.15) is 12.4 Å². The largest absolute Gasteiger partial charge is 0.481 e.